The van der Waals surface area contributed by atoms with Gasteiger partial charge in [-0.3, -0.25) is 4.79 Å². The van der Waals surface area contributed by atoms with Crippen molar-refractivity contribution in [2.45, 2.75) is 6.92 Å². The molecule has 0 bridgehead atoms. The molecule has 4 aromatic rings. The molecule has 0 spiro atoms. The standard InChI is InChI=1S/C21H15ClN4O2S/c1-11-25-26-18(19(24-21(26)29-11)12-3-5-13(22)6-4-12)10-16-15-9-14(28-2)7-8-17(15)23-20(16)27/h3-10H,1-2H3,(H,23,27)/b16-10+. The van der Waals surface area contributed by atoms with E-state index in [1.54, 1.807) is 11.6 Å². The summed E-state index contributed by atoms with van der Waals surface area (Å²) in [6, 6.07) is 13.0. The fraction of sp³-hybridized carbons (Fsp3) is 0.0952. The molecule has 1 aliphatic rings. The van der Waals surface area contributed by atoms with E-state index in [1.165, 1.54) is 11.3 Å². The predicted octanol–water partition coefficient (Wildman–Crippen LogP) is 4.92. The van der Waals surface area contributed by atoms with Gasteiger partial charge in [0.05, 0.1) is 24.1 Å². The van der Waals surface area contributed by atoms with E-state index in [1.807, 2.05) is 55.5 Å². The van der Waals surface area contributed by atoms with Gasteiger partial charge >= 0.3 is 0 Å². The van der Waals surface area contributed by atoms with Crippen LogP contribution in [0.3, 0.4) is 0 Å². The number of anilines is 1. The molecule has 1 N–H and O–H groups in total. The minimum Gasteiger partial charge on any atom is -0.497 e. The van der Waals surface area contributed by atoms with Crippen molar-refractivity contribution in [2.24, 2.45) is 0 Å². The third-order valence-electron chi connectivity index (χ3n) is 4.75. The van der Waals surface area contributed by atoms with E-state index in [0.29, 0.717) is 16.3 Å². The zero-order chi connectivity index (χ0) is 20.1. The smallest absolute Gasteiger partial charge is 0.256 e. The molecule has 8 heteroatoms. The molecule has 0 unspecified atom stereocenters. The molecule has 0 saturated heterocycles. The van der Waals surface area contributed by atoms with Crippen molar-refractivity contribution in [1.82, 2.24) is 14.6 Å². The van der Waals surface area contributed by atoms with Gasteiger partial charge in [0.2, 0.25) is 4.96 Å². The van der Waals surface area contributed by atoms with Crippen LogP contribution in [-0.4, -0.2) is 27.6 Å². The number of aromatic nitrogens is 3. The Balaban J connectivity index is 1.74. The van der Waals surface area contributed by atoms with Gasteiger partial charge in [-0.15, -0.1) is 0 Å². The molecule has 29 heavy (non-hydrogen) atoms. The maximum absolute atomic E-state index is 12.7. The highest BCUT2D eigenvalue weighted by Gasteiger charge is 2.26. The number of hydrogen-bond donors (Lipinski definition) is 1. The molecule has 144 valence electrons. The van der Waals surface area contributed by atoms with Crippen LogP contribution in [0.1, 0.15) is 16.3 Å². The number of aryl methyl sites for hydroxylation is 1. The van der Waals surface area contributed by atoms with Crippen LogP contribution in [0.5, 0.6) is 5.75 Å². The second-order valence-corrected chi connectivity index (χ2v) is 8.19. The fourth-order valence-corrected chi connectivity index (χ4v) is 4.26. The molecule has 3 heterocycles. The van der Waals surface area contributed by atoms with Crippen molar-refractivity contribution in [1.29, 1.82) is 0 Å². The van der Waals surface area contributed by atoms with Crippen molar-refractivity contribution in [3.8, 4) is 17.0 Å². The zero-order valence-corrected chi connectivity index (χ0v) is 17.1. The number of nitrogens with one attached hydrogen (secondary N) is 1. The fourth-order valence-electron chi connectivity index (χ4n) is 3.38. The summed E-state index contributed by atoms with van der Waals surface area (Å²) >= 11 is 7.55. The highest BCUT2D eigenvalue weighted by Crippen LogP contribution is 2.37. The summed E-state index contributed by atoms with van der Waals surface area (Å²) in [5, 5.41) is 9.03. The topological polar surface area (TPSA) is 68.5 Å². The van der Waals surface area contributed by atoms with Crippen molar-refractivity contribution in [2.75, 3.05) is 12.4 Å². The normalized spacial score (nSPS) is 14.4. The van der Waals surface area contributed by atoms with Crippen LogP contribution >= 0.6 is 22.9 Å². The molecule has 6 nitrogen and oxygen atoms in total. The Morgan fingerprint density at radius 1 is 1.21 bits per heavy atom. The lowest BCUT2D eigenvalue weighted by molar-refractivity contribution is -0.110. The Hall–Kier alpha value is -3.16. The van der Waals surface area contributed by atoms with Gasteiger partial charge in [-0.25, -0.2) is 9.50 Å². The molecule has 2 aromatic heterocycles. The van der Waals surface area contributed by atoms with Gasteiger partial charge in [0, 0.05) is 21.8 Å². The average molecular weight is 423 g/mol. The largest absolute Gasteiger partial charge is 0.497 e. The van der Waals surface area contributed by atoms with E-state index in [2.05, 4.69) is 10.4 Å². The molecule has 5 rings (SSSR count). The number of methoxy groups -OCH3 is 1. The second-order valence-electron chi connectivity index (χ2n) is 6.59. The number of hydrogen-bond acceptors (Lipinski definition) is 5. The molecular weight excluding hydrogens is 408 g/mol. The van der Waals surface area contributed by atoms with Gasteiger partial charge in [-0.05, 0) is 43.3 Å². The first-order valence-corrected chi connectivity index (χ1v) is 10.1. The lowest BCUT2D eigenvalue weighted by atomic mass is 10.0. The van der Waals surface area contributed by atoms with Crippen molar-refractivity contribution in [3.63, 3.8) is 0 Å². The highest BCUT2D eigenvalue weighted by molar-refractivity contribution is 7.16. The molecule has 1 amide bonds. The van der Waals surface area contributed by atoms with Gasteiger partial charge in [-0.2, -0.15) is 5.10 Å². The van der Waals surface area contributed by atoms with Crippen LogP contribution in [0.4, 0.5) is 5.69 Å². The van der Waals surface area contributed by atoms with Crippen LogP contribution in [0.2, 0.25) is 5.02 Å². The Kier molecular flexibility index (Phi) is 4.15. The van der Waals surface area contributed by atoms with Crippen LogP contribution in [0.15, 0.2) is 42.5 Å². The van der Waals surface area contributed by atoms with Crippen LogP contribution in [-0.2, 0) is 4.79 Å². The minimum atomic E-state index is -0.169. The van der Waals surface area contributed by atoms with Crippen molar-refractivity contribution >= 4 is 51.1 Å². The van der Waals surface area contributed by atoms with E-state index in [9.17, 15) is 4.79 Å². The molecule has 1 aliphatic heterocycles. The lowest BCUT2D eigenvalue weighted by Gasteiger charge is -2.04. The summed E-state index contributed by atoms with van der Waals surface area (Å²) in [7, 11) is 1.60. The first-order valence-electron chi connectivity index (χ1n) is 8.87. The number of benzene rings is 2. The Morgan fingerprint density at radius 3 is 2.76 bits per heavy atom. The average Bonchev–Trinajstić information content (AvgIpc) is 3.33. The van der Waals surface area contributed by atoms with E-state index in [-0.39, 0.29) is 5.91 Å². The summed E-state index contributed by atoms with van der Waals surface area (Å²) in [6.07, 6.45) is 1.84. The number of carbonyl (C=O) groups excluding carboxylic acids is 1. The first-order chi connectivity index (χ1) is 14.0. The van der Waals surface area contributed by atoms with Gasteiger partial charge < -0.3 is 10.1 Å². The number of amides is 1. The third kappa shape index (κ3) is 2.99. The van der Waals surface area contributed by atoms with E-state index in [4.69, 9.17) is 21.3 Å². The maximum Gasteiger partial charge on any atom is 0.256 e. The summed E-state index contributed by atoms with van der Waals surface area (Å²) in [5.74, 6) is 0.518. The molecule has 0 radical (unpaired) electrons. The molecule has 0 atom stereocenters. The SMILES string of the molecule is COc1ccc2c(c1)/C(=C\c1c(-c3ccc(Cl)cc3)nc3sc(C)nn13)C(=O)N2. The van der Waals surface area contributed by atoms with Gasteiger partial charge in [-0.1, -0.05) is 35.1 Å². The number of fused-ring (bicyclic) bond motifs is 2. The summed E-state index contributed by atoms with van der Waals surface area (Å²) in [4.78, 5) is 18.2. The minimum absolute atomic E-state index is 0.169. The second kappa shape index (κ2) is 6.72. The van der Waals surface area contributed by atoms with Gasteiger partial charge in [0.15, 0.2) is 0 Å². The van der Waals surface area contributed by atoms with E-state index < -0.39 is 0 Å². The van der Waals surface area contributed by atoms with Crippen LogP contribution < -0.4 is 10.1 Å². The zero-order valence-electron chi connectivity index (χ0n) is 15.6. The number of halogens is 1. The molecule has 2 aromatic carbocycles. The Morgan fingerprint density at radius 2 is 2.00 bits per heavy atom. The molecule has 0 saturated carbocycles. The number of rotatable bonds is 3. The van der Waals surface area contributed by atoms with E-state index in [0.717, 1.165) is 38.2 Å². The third-order valence-corrected chi connectivity index (χ3v) is 5.82. The lowest BCUT2D eigenvalue weighted by Crippen LogP contribution is -2.04. The monoisotopic (exact) mass is 422 g/mol. The molecule has 0 fully saturated rings. The van der Waals surface area contributed by atoms with Gasteiger partial charge in [0.1, 0.15) is 10.8 Å². The van der Waals surface area contributed by atoms with E-state index >= 15 is 0 Å². The number of ether oxygens (including phenoxy) is 1. The Labute approximate surface area is 175 Å². The van der Waals surface area contributed by atoms with Crippen molar-refractivity contribution in [3.05, 3.63) is 63.8 Å². The summed E-state index contributed by atoms with van der Waals surface area (Å²) < 4.78 is 7.11. The predicted molar refractivity (Wildman–Crippen MR) is 116 cm³/mol. The Bertz CT molecular complexity index is 1300. The number of imidazole rings is 1. The molecular formula is C21H15ClN4O2S. The van der Waals surface area contributed by atoms with Crippen LogP contribution in [0.25, 0.3) is 27.9 Å². The summed E-state index contributed by atoms with van der Waals surface area (Å²) in [5.41, 5.74) is 4.48. The number of carbonyl (C=O) groups is 1. The quantitative estimate of drug-likeness (QED) is 0.476. The highest BCUT2D eigenvalue weighted by atomic mass is 35.5. The van der Waals surface area contributed by atoms with Crippen molar-refractivity contribution < 1.29 is 9.53 Å². The summed E-state index contributed by atoms with van der Waals surface area (Å²) in [6.45, 7) is 1.93. The number of nitrogens with zero attached hydrogens (tertiary/aromatic N) is 3. The first kappa shape index (κ1) is 17.9. The molecule has 0 aliphatic carbocycles. The maximum atomic E-state index is 12.7. The van der Waals surface area contributed by atoms with Gasteiger partial charge in [0.25, 0.3) is 5.91 Å². The van der Waals surface area contributed by atoms with Crippen LogP contribution in [0, 0.1) is 6.92 Å².